The molecule has 0 rings (SSSR count). The van der Waals surface area contributed by atoms with Gasteiger partial charge in [-0.25, -0.2) is 0 Å². The van der Waals surface area contributed by atoms with E-state index in [4.69, 9.17) is 0 Å². The lowest BCUT2D eigenvalue weighted by Crippen LogP contribution is -1.93. The van der Waals surface area contributed by atoms with Crippen LogP contribution in [0.1, 0.15) is 27.7 Å². The quantitative estimate of drug-likeness (QED) is 0.496. The minimum absolute atomic E-state index is 0.618. The normalized spacial score (nSPS) is 12.3. The van der Waals surface area contributed by atoms with Crippen LogP contribution in [0.5, 0.6) is 0 Å². The standard InChI is InChI=1S/C9H16/c1-6-9(7(2)3)8(4)5/h6,8H,2H2,1,3-5H3. The average Bonchev–Trinajstić information content (AvgIpc) is 1.64. The zero-order chi connectivity index (χ0) is 7.44. The van der Waals surface area contributed by atoms with Crippen molar-refractivity contribution in [2.24, 2.45) is 5.92 Å². The molecule has 0 heteroatoms. The van der Waals surface area contributed by atoms with Gasteiger partial charge in [-0.05, 0) is 25.3 Å². The molecule has 0 fully saturated rings. The van der Waals surface area contributed by atoms with E-state index in [0.717, 1.165) is 0 Å². The summed E-state index contributed by atoms with van der Waals surface area (Å²) in [5, 5.41) is 0. The zero-order valence-electron chi connectivity index (χ0n) is 6.86. The lowest BCUT2D eigenvalue weighted by Gasteiger charge is -2.08. The van der Waals surface area contributed by atoms with Gasteiger partial charge < -0.3 is 0 Å². The molecule has 9 heavy (non-hydrogen) atoms. The smallest absolute Gasteiger partial charge is 0.0220 e. The van der Waals surface area contributed by atoms with E-state index in [1.807, 2.05) is 0 Å². The molecule has 0 amide bonds. The molecule has 0 atom stereocenters. The average molecular weight is 124 g/mol. The van der Waals surface area contributed by atoms with Crippen molar-refractivity contribution in [2.45, 2.75) is 27.7 Å². The van der Waals surface area contributed by atoms with E-state index in [1.54, 1.807) is 0 Å². The molecule has 0 N–H and O–H groups in total. The summed E-state index contributed by atoms with van der Waals surface area (Å²) in [7, 11) is 0. The number of hydrogen-bond acceptors (Lipinski definition) is 0. The highest BCUT2D eigenvalue weighted by molar-refractivity contribution is 5.26. The van der Waals surface area contributed by atoms with Gasteiger partial charge in [-0.1, -0.05) is 32.1 Å². The lowest BCUT2D eigenvalue weighted by atomic mass is 9.97. The van der Waals surface area contributed by atoms with Crippen LogP contribution in [-0.4, -0.2) is 0 Å². The Labute approximate surface area is 58.3 Å². The molecule has 0 aliphatic carbocycles. The molecule has 0 aromatic heterocycles. The van der Waals surface area contributed by atoms with E-state index in [2.05, 4.69) is 40.3 Å². The van der Waals surface area contributed by atoms with E-state index in [0.29, 0.717) is 5.92 Å². The maximum atomic E-state index is 3.88. The zero-order valence-corrected chi connectivity index (χ0v) is 6.86. The van der Waals surface area contributed by atoms with Crippen molar-refractivity contribution >= 4 is 0 Å². The Hall–Kier alpha value is -0.520. The first-order valence-corrected chi connectivity index (χ1v) is 3.41. The van der Waals surface area contributed by atoms with Gasteiger partial charge in [0.1, 0.15) is 0 Å². The molecule has 0 saturated carbocycles. The molecule has 0 aliphatic heterocycles. The number of hydrogen-bond donors (Lipinski definition) is 0. The second kappa shape index (κ2) is 3.49. The van der Waals surface area contributed by atoms with Crippen LogP contribution in [-0.2, 0) is 0 Å². The topological polar surface area (TPSA) is 0 Å². The van der Waals surface area contributed by atoms with Crippen LogP contribution in [0, 0.1) is 5.92 Å². The Bertz CT molecular complexity index is 127. The van der Waals surface area contributed by atoms with E-state index >= 15 is 0 Å². The molecule has 0 aromatic carbocycles. The first-order chi connectivity index (χ1) is 4.09. The Morgan fingerprint density at radius 3 is 1.89 bits per heavy atom. The van der Waals surface area contributed by atoms with Crippen molar-refractivity contribution < 1.29 is 0 Å². The molecule has 52 valence electrons. The first-order valence-electron chi connectivity index (χ1n) is 3.41. The fourth-order valence-corrected chi connectivity index (χ4v) is 1.07. The lowest BCUT2D eigenvalue weighted by molar-refractivity contribution is 0.776. The summed E-state index contributed by atoms with van der Waals surface area (Å²) >= 11 is 0. The van der Waals surface area contributed by atoms with Gasteiger partial charge in [0.15, 0.2) is 0 Å². The van der Waals surface area contributed by atoms with Crippen LogP contribution in [0.4, 0.5) is 0 Å². The van der Waals surface area contributed by atoms with Crippen LogP contribution in [0.15, 0.2) is 23.8 Å². The maximum absolute atomic E-state index is 3.88. The third-order valence-corrected chi connectivity index (χ3v) is 1.43. The second-order valence-electron chi connectivity index (χ2n) is 2.68. The van der Waals surface area contributed by atoms with Gasteiger partial charge in [0.05, 0.1) is 0 Å². The molecule has 0 aliphatic rings. The van der Waals surface area contributed by atoms with E-state index < -0.39 is 0 Å². The minimum atomic E-state index is 0.618. The Morgan fingerprint density at radius 2 is 1.89 bits per heavy atom. The second-order valence-corrected chi connectivity index (χ2v) is 2.68. The van der Waals surface area contributed by atoms with E-state index in [1.165, 1.54) is 11.1 Å². The largest absolute Gasteiger partial charge is 0.0958 e. The summed E-state index contributed by atoms with van der Waals surface area (Å²) in [5.41, 5.74) is 2.56. The molecule has 0 heterocycles. The van der Waals surface area contributed by atoms with Crippen molar-refractivity contribution in [3.05, 3.63) is 23.8 Å². The van der Waals surface area contributed by atoms with Crippen molar-refractivity contribution in [1.82, 2.24) is 0 Å². The molecule has 0 saturated heterocycles. The van der Waals surface area contributed by atoms with E-state index in [9.17, 15) is 0 Å². The fourth-order valence-electron chi connectivity index (χ4n) is 1.07. The molecule has 0 nitrogen and oxygen atoms in total. The minimum Gasteiger partial charge on any atom is -0.0958 e. The summed E-state index contributed by atoms with van der Waals surface area (Å²) in [6, 6.07) is 0. The number of allylic oxidation sites excluding steroid dienone is 3. The Morgan fingerprint density at radius 1 is 1.44 bits per heavy atom. The van der Waals surface area contributed by atoms with Crippen molar-refractivity contribution in [1.29, 1.82) is 0 Å². The van der Waals surface area contributed by atoms with Crippen molar-refractivity contribution in [2.75, 3.05) is 0 Å². The van der Waals surface area contributed by atoms with Crippen molar-refractivity contribution in [3.63, 3.8) is 0 Å². The highest BCUT2D eigenvalue weighted by atomic mass is 14.1. The van der Waals surface area contributed by atoms with Gasteiger partial charge in [0.2, 0.25) is 0 Å². The van der Waals surface area contributed by atoms with E-state index in [-0.39, 0.29) is 0 Å². The van der Waals surface area contributed by atoms with Gasteiger partial charge in [-0.3, -0.25) is 0 Å². The SMILES string of the molecule is C=C(C)C(=CC)C(C)C. The third-order valence-electron chi connectivity index (χ3n) is 1.43. The fraction of sp³-hybridized carbons (Fsp3) is 0.556. The van der Waals surface area contributed by atoms with Crippen molar-refractivity contribution in [3.8, 4) is 0 Å². The van der Waals surface area contributed by atoms with Gasteiger partial charge in [0, 0.05) is 0 Å². The van der Waals surface area contributed by atoms with Gasteiger partial charge in [-0.2, -0.15) is 0 Å². The highest BCUT2D eigenvalue weighted by Crippen LogP contribution is 2.16. The molecule has 0 bridgehead atoms. The highest BCUT2D eigenvalue weighted by Gasteiger charge is 2.00. The summed E-state index contributed by atoms with van der Waals surface area (Å²) in [6.07, 6.45) is 2.13. The summed E-state index contributed by atoms with van der Waals surface area (Å²) in [4.78, 5) is 0. The molecule has 0 aromatic rings. The molecule has 0 spiro atoms. The third kappa shape index (κ3) is 2.50. The molecular weight excluding hydrogens is 108 g/mol. The number of rotatable bonds is 2. The molecular formula is C9H16. The Kier molecular flexibility index (Phi) is 3.29. The summed E-state index contributed by atoms with van der Waals surface area (Å²) < 4.78 is 0. The predicted octanol–water partition coefficient (Wildman–Crippen LogP) is 3.16. The monoisotopic (exact) mass is 124 g/mol. The first kappa shape index (κ1) is 8.48. The van der Waals surface area contributed by atoms with Gasteiger partial charge in [-0.15, -0.1) is 0 Å². The Balaban J connectivity index is 4.19. The van der Waals surface area contributed by atoms with Gasteiger partial charge >= 0.3 is 0 Å². The van der Waals surface area contributed by atoms with Crippen LogP contribution in [0.2, 0.25) is 0 Å². The van der Waals surface area contributed by atoms with Crippen LogP contribution < -0.4 is 0 Å². The maximum Gasteiger partial charge on any atom is -0.0220 e. The van der Waals surface area contributed by atoms with Crippen LogP contribution in [0.3, 0.4) is 0 Å². The summed E-state index contributed by atoms with van der Waals surface area (Å²) in [5.74, 6) is 0.618. The molecule has 0 unspecified atom stereocenters. The van der Waals surface area contributed by atoms with Gasteiger partial charge in [0.25, 0.3) is 0 Å². The summed E-state index contributed by atoms with van der Waals surface area (Å²) in [6.45, 7) is 12.4. The van der Waals surface area contributed by atoms with Crippen LogP contribution in [0.25, 0.3) is 0 Å². The van der Waals surface area contributed by atoms with Crippen LogP contribution >= 0.6 is 0 Å². The molecule has 0 radical (unpaired) electrons. The predicted molar refractivity (Wildman–Crippen MR) is 43.4 cm³/mol.